The molecule has 3 rings (SSSR count). The molecule has 1 aliphatic rings. The lowest BCUT2D eigenvalue weighted by Gasteiger charge is -2.06. The third-order valence-electron chi connectivity index (χ3n) is 3.41. The largest absolute Gasteiger partial charge is 0.454 e. The van der Waals surface area contributed by atoms with Crippen LogP contribution in [0.3, 0.4) is 0 Å². The molecule has 0 spiro atoms. The van der Waals surface area contributed by atoms with Crippen molar-refractivity contribution in [3.63, 3.8) is 0 Å². The van der Waals surface area contributed by atoms with Crippen LogP contribution in [-0.2, 0) is 17.8 Å². The van der Waals surface area contributed by atoms with Crippen LogP contribution in [0.2, 0.25) is 0 Å². The number of nitrogens with one attached hydrogen (secondary N) is 1. The molecule has 2 aromatic rings. The van der Waals surface area contributed by atoms with Crippen LogP contribution in [0.1, 0.15) is 16.7 Å². The first-order valence-corrected chi connectivity index (χ1v) is 6.91. The molecule has 0 saturated heterocycles. The van der Waals surface area contributed by atoms with Crippen LogP contribution < -0.4 is 14.8 Å². The average molecular weight is 283 g/mol. The Balaban J connectivity index is 1.55. The van der Waals surface area contributed by atoms with E-state index in [-0.39, 0.29) is 12.7 Å². The fourth-order valence-corrected chi connectivity index (χ4v) is 2.21. The quantitative estimate of drug-likeness (QED) is 0.938. The van der Waals surface area contributed by atoms with Crippen molar-refractivity contribution in [3.05, 3.63) is 59.2 Å². The molecule has 4 heteroatoms. The van der Waals surface area contributed by atoms with Crippen molar-refractivity contribution in [2.45, 2.75) is 19.9 Å². The molecule has 0 aromatic heterocycles. The molecule has 0 unspecified atom stereocenters. The lowest BCUT2D eigenvalue weighted by molar-refractivity contribution is -0.120. The van der Waals surface area contributed by atoms with Crippen molar-refractivity contribution < 1.29 is 14.3 Å². The van der Waals surface area contributed by atoms with Gasteiger partial charge in [-0.1, -0.05) is 35.9 Å². The molecule has 0 saturated carbocycles. The summed E-state index contributed by atoms with van der Waals surface area (Å²) >= 11 is 0. The molecule has 1 aliphatic heterocycles. The number of hydrogen-bond donors (Lipinski definition) is 1. The molecule has 1 heterocycles. The highest BCUT2D eigenvalue weighted by atomic mass is 16.7. The van der Waals surface area contributed by atoms with E-state index in [9.17, 15) is 4.79 Å². The van der Waals surface area contributed by atoms with Gasteiger partial charge in [0.05, 0.1) is 6.42 Å². The summed E-state index contributed by atoms with van der Waals surface area (Å²) in [6, 6.07) is 13.7. The summed E-state index contributed by atoms with van der Waals surface area (Å²) in [4.78, 5) is 12.0. The van der Waals surface area contributed by atoms with E-state index in [1.165, 1.54) is 5.56 Å². The van der Waals surface area contributed by atoms with Gasteiger partial charge < -0.3 is 14.8 Å². The van der Waals surface area contributed by atoms with Crippen molar-refractivity contribution in [2.75, 3.05) is 6.79 Å². The molecule has 0 fully saturated rings. The number of carbonyl (C=O) groups is 1. The van der Waals surface area contributed by atoms with Gasteiger partial charge in [0.1, 0.15) is 0 Å². The first kappa shape index (κ1) is 13.5. The molecule has 108 valence electrons. The second-order valence-electron chi connectivity index (χ2n) is 5.13. The van der Waals surface area contributed by atoms with Crippen molar-refractivity contribution in [1.29, 1.82) is 0 Å². The minimum atomic E-state index is -0.00515. The van der Waals surface area contributed by atoms with Crippen LogP contribution in [0.4, 0.5) is 0 Å². The van der Waals surface area contributed by atoms with Crippen LogP contribution in [0.25, 0.3) is 0 Å². The average Bonchev–Trinajstić information content (AvgIpc) is 2.94. The van der Waals surface area contributed by atoms with Crippen LogP contribution in [0.5, 0.6) is 11.5 Å². The number of hydrogen-bond acceptors (Lipinski definition) is 3. The van der Waals surface area contributed by atoms with Crippen LogP contribution in [0, 0.1) is 6.92 Å². The highest BCUT2D eigenvalue weighted by molar-refractivity contribution is 5.78. The summed E-state index contributed by atoms with van der Waals surface area (Å²) in [6.45, 7) is 2.84. The van der Waals surface area contributed by atoms with E-state index < -0.39 is 0 Å². The van der Waals surface area contributed by atoms with Gasteiger partial charge in [0.15, 0.2) is 11.5 Å². The number of rotatable bonds is 4. The Bertz CT molecular complexity index is 650. The number of carbonyl (C=O) groups excluding carboxylic acids is 1. The van der Waals surface area contributed by atoms with Gasteiger partial charge in [0, 0.05) is 6.54 Å². The van der Waals surface area contributed by atoms with E-state index in [0.29, 0.717) is 18.7 Å². The van der Waals surface area contributed by atoms with Gasteiger partial charge in [0.25, 0.3) is 0 Å². The fourth-order valence-electron chi connectivity index (χ4n) is 2.21. The lowest BCUT2D eigenvalue weighted by Crippen LogP contribution is -2.24. The Morgan fingerprint density at radius 3 is 2.57 bits per heavy atom. The van der Waals surface area contributed by atoms with Crippen LogP contribution in [0.15, 0.2) is 42.5 Å². The number of fused-ring (bicyclic) bond motifs is 1. The van der Waals surface area contributed by atoms with E-state index in [2.05, 4.69) is 5.32 Å². The summed E-state index contributed by atoms with van der Waals surface area (Å²) in [6.07, 6.45) is 0.336. The number of amides is 1. The summed E-state index contributed by atoms with van der Waals surface area (Å²) < 4.78 is 10.6. The molecule has 4 nitrogen and oxygen atoms in total. The number of aryl methyl sites for hydroxylation is 1. The molecule has 0 bridgehead atoms. The second-order valence-corrected chi connectivity index (χ2v) is 5.13. The van der Waals surface area contributed by atoms with Gasteiger partial charge >= 0.3 is 0 Å². The monoisotopic (exact) mass is 283 g/mol. The fraction of sp³-hybridized carbons (Fsp3) is 0.235. The maximum atomic E-state index is 12.0. The number of benzene rings is 2. The zero-order chi connectivity index (χ0) is 14.7. The SMILES string of the molecule is Cc1ccc(CNC(=O)Cc2ccc3c(c2)OCO3)cc1. The van der Waals surface area contributed by atoms with E-state index in [1.54, 1.807) is 0 Å². The molecule has 0 aliphatic carbocycles. The van der Waals surface area contributed by atoms with E-state index in [0.717, 1.165) is 16.9 Å². The Labute approximate surface area is 123 Å². The summed E-state index contributed by atoms with van der Waals surface area (Å²) in [5.74, 6) is 1.44. The van der Waals surface area contributed by atoms with E-state index in [1.807, 2.05) is 49.4 Å². The Hall–Kier alpha value is -2.49. The van der Waals surface area contributed by atoms with Gasteiger partial charge in [-0.25, -0.2) is 0 Å². The van der Waals surface area contributed by atoms with Gasteiger partial charge in [-0.2, -0.15) is 0 Å². The maximum Gasteiger partial charge on any atom is 0.231 e. The first-order valence-electron chi connectivity index (χ1n) is 6.91. The first-order chi connectivity index (χ1) is 10.2. The highest BCUT2D eigenvalue weighted by Crippen LogP contribution is 2.32. The van der Waals surface area contributed by atoms with Crippen molar-refractivity contribution in [2.24, 2.45) is 0 Å². The molecule has 1 amide bonds. The summed E-state index contributed by atoms with van der Waals surface area (Å²) in [5, 5.41) is 2.92. The van der Waals surface area contributed by atoms with Gasteiger partial charge in [-0.05, 0) is 30.2 Å². The predicted molar refractivity (Wildman–Crippen MR) is 79.3 cm³/mol. The van der Waals surface area contributed by atoms with Crippen molar-refractivity contribution >= 4 is 5.91 Å². The second kappa shape index (κ2) is 5.87. The van der Waals surface area contributed by atoms with Crippen molar-refractivity contribution in [1.82, 2.24) is 5.32 Å². The van der Waals surface area contributed by atoms with Gasteiger partial charge in [0.2, 0.25) is 12.7 Å². The smallest absolute Gasteiger partial charge is 0.231 e. The standard InChI is InChI=1S/C17H17NO3/c1-12-2-4-13(5-3-12)10-18-17(19)9-14-6-7-15-16(8-14)21-11-20-15/h2-8H,9-11H2,1H3,(H,18,19). The van der Waals surface area contributed by atoms with E-state index >= 15 is 0 Å². The molecular formula is C17H17NO3. The molecule has 1 N–H and O–H groups in total. The minimum Gasteiger partial charge on any atom is -0.454 e. The zero-order valence-electron chi connectivity index (χ0n) is 11.9. The molecule has 0 radical (unpaired) electrons. The van der Waals surface area contributed by atoms with Gasteiger partial charge in [-0.15, -0.1) is 0 Å². The molecular weight excluding hydrogens is 266 g/mol. The maximum absolute atomic E-state index is 12.0. The van der Waals surface area contributed by atoms with Gasteiger partial charge in [-0.3, -0.25) is 4.79 Å². The third kappa shape index (κ3) is 3.34. The van der Waals surface area contributed by atoms with Crippen molar-refractivity contribution in [3.8, 4) is 11.5 Å². The normalized spacial score (nSPS) is 12.2. The molecule has 21 heavy (non-hydrogen) atoms. The molecule has 2 aromatic carbocycles. The number of ether oxygens (including phenoxy) is 2. The topological polar surface area (TPSA) is 47.6 Å². The summed E-state index contributed by atoms with van der Waals surface area (Å²) in [7, 11) is 0. The lowest BCUT2D eigenvalue weighted by atomic mass is 10.1. The highest BCUT2D eigenvalue weighted by Gasteiger charge is 2.14. The van der Waals surface area contributed by atoms with E-state index in [4.69, 9.17) is 9.47 Å². The van der Waals surface area contributed by atoms with Crippen LogP contribution >= 0.6 is 0 Å². The Morgan fingerprint density at radius 2 is 1.76 bits per heavy atom. The Kier molecular flexibility index (Phi) is 3.77. The minimum absolute atomic E-state index is 0.00515. The zero-order valence-corrected chi connectivity index (χ0v) is 11.9. The predicted octanol–water partition coefficient (Wildman–Crippen LogP) is 2.58. The third-order valence-corrected chi connectivity index (χ3v) is 3.41. The van der Waals surface area contributed by atoms with Crippen LogP contribution in [-0.4, -0.2) is 12.7 Å². The molecule has 0 atom stereocenters. The summed E-state index contributed by atoms with van der Waals surface area (Å²) in [5.41, 5.74) is 3.23. The Morgan fingerprint density at radius 1 is 1.05 bits per heavy atom.